The number of esters is 2. The molecule has 0 spiro atoms. The number of hydrogen-bond donors (Lipinski definition) is 0. The van der Waals surface area contributed by atoms with E-state index in [0.29, 0.717) is 5.56 Å². The van der Waals surface area contributed by atoms with Gasteiger partial charge in [0.15, 0.2) is 0 Å². The summed E-state index contributed by atoms with van der Waals surface area (Å²) in [6, 6.07) is 14.1. The minimum Gasteiger partial charge on any atom is -0.465 e. The van der Waals surface area contributed by atoms with Crippen molar-refractivity contribution in [1.29, 1.82) is 5.26 Å². The molecule has 0 radical (unpaired) electrons. The summed E-state index contributed by atoms with van der Waals surface area (Å²) >= 11 is 0. The molecule has 8 nitrogen and oxygen atoms in total. The van der Waals surface area contributed by atoms with Gasteiger partial charge in [0.2, 0.25) is 0 Å². The first-order chi connectivity index (χ1) is 13.9. The SMILES string of the molecule is COC(=O)/C(C#N)=C/c1cccc(OC(=O)CN2C(=O)c3ccccc3C2=O)c1. The van der Waals surface area contributed by atoms with Gasteiger partial charge in [0.25, 0.3) is 11.8 Å². The molecule has 29 heavy (non-hydrogen) atoms. The van der Waals surface area contributed by atoms with Crippen LogP contribution in [0.15, 0.2) is 54.1 Å². The first kappa shape index (κ1) is 19.5. The quantitative estimate of drug-likeness (QED) is 0.252. The Kier molecular flexibility index (Phi) is 5.51. The van der Waals surface area contributed by atoms with Crippen molar-refractivity contribution in [2.45, 2.75) is 0 Å². The summed E-state index contributed by atoms with van der Waals surface area (Å²) in [6.45, 7) is -0.544. The average Bonchev–Trinajstić information content (AvgIpc) is 2.97. The molecule has 0 saturated carbocycles. The number of methoxy groups -OCH3 is 1. The van der Waals surface area contributed by atoms with Gasteiger partial charge in [-0.15, -0.1) is 0 Å². The summed E-state index contributed by atoms with van der Waals surface area (Å²) in [4.78, 5) is 49.2. The Labute approximate surface area is 165 Å². The largest absolute Gasteiger partial charge is 0.465 e. The molecule has 1 aliphatic rings. The summed E-state index contributed by atoms with van der Waals surface area (Å²) in [6.07, 6.45) is 1.29. The van der Waals surface area contributed by atoms with E-state index in [1.54, 1.807) is 30.3 Å². The molecule has 0 N–H and O–H groups in total. The zero-order valence-corrected chi connectivity index (χ0v) is 15.2. The van der Waals surface area contributed by atoms with Crippen LogP contribution in [0.5, 0.6) is 5.75 Å². The molecule has 0 fully saturated rings. The lowest BCUT2D eigenvalue weighted by Gasteiger charge is -2.13. The van der Waals surface area contributed by atoms with Gasteiger partial charge in [0.05, 0.1) is 18.2 Å². The van der Waals surface area contributed by atoms with Crippen molar-refractivity contribution in [3.63, 3.8) is 0 Å². The average molecular weight is 390 g/mol. The van der Waals surface area contributed by atoms with Crippen molar-refractivity contribution in [3.8, 4) is 11.8 Å². The Morgan fingerprint density at radius 3 is 2.31 bits per heavy atom. The van der Waals surface area contributed by atoms with Gasteiger partial charge in [-0.1, -0.05) is 24.3 Å². The van der Waals surface area contributed by atoms with Gasteiger partial charge < -0.3 is 9.47 Å². The number of nitriles is 1. The minimum absolute atomic E-state index is 0.127. The van der Waals surface area contributed by atoms with Crippen LogP contribution >= 0.6 is 0 Å². The van der Waals surface area contributed by atoms with Crippen LogP contribution in [0.2, 0.25) is 0 Å². The Hall–Kier alpha value is -4.25. The molecular formula is C21H14N2O6. The first-order valence-electron chi connectivity index (χ1n) is 8.40. The van der Waals surface area contributed by atoms with Crippen molar-refractivity contribution >= 4 is 29.8 Å². The lowest BCUT2D eigenvalue weighted by Crippen LogP contribution is -2.36. The highest BCUT2D eigenvalue weighted by Crippen LogP contribution is 2.23. The number of imide groups is 1. The van der Waals surface area contributed by atoms with Gasteiger partial charge >= 0.3 is 11.9 Å². The number of benzene rings is 2. The number of fused-ring (bicyclic) bond motifs is 1. The maximum absolute atomic E-state index is 12.3. The molecule has 0 saturated heterocycles. The fourth-order valence-corrected chi connectivity index (χ4v) is 2.76. The molecule has 1 heterocycles. The van der Waals surface area contributed by atoms with Gasteiger partial charge in [-0.05, 0) is 35.9 Å². The van der Waals surface area contributed by atoms with Crippen LogP contribution in [0.25, 0.3) is 6.08 Å². The van der Waals surface area contributed by atoms with Gasteiger partial charge in [-0.2, -0.15) is 5.26 Å². The van der Waals surface area contributed by atoms with Gasteiger partial charge in [-0.25, -0.2) is 9.59 Å². The van der Waals surface area contributed by atoms with Crippen molar-refractivity contribution in [3.05, 3.63) is 70.8 Å². The minimum atomic E-state index is -0.811. The fraction of sp³-hybridized carbons (Fsp3) is 0.0952. The molecule has 144 valence electrons. The van der Waals surface area contributed by atoms with E-state index in [0.717, 1.165) is 12.0 Å². The van der Waals surface area contributed by atoms with E-state index in [1.807, 2.05) is 0 Å². The fourth-order valence-electron chi connectivity index (χ4n) is 2.76. The van der Waals surface area contributed by atoms with Gasteiger partial charge in [0, 0.05) is 0 Å². The second-order valence-electron chi connectivity index (χ2n) is 5.95. The lowest BCUT2D eigenvalue weighted by atomic mass is 10.1. The molecule has 2 aromatic rings. The smallest absolute Gasteiger partial charge is 0.348 e. The van der Waals surface area contributed by atoms with Crippen LogP contribution in [-0.4, -0.2) is 42.3 Å². The summed E-state index contributed by atoms with van der Waals surface area (Å²) < 4.78 is 9.71. The second kappa shape index (κ2) is 8.19. The van der Waals surface area contributed by atoms with Gasteiger partial charge in [0.1, 0.15) is 23.9 Å². The van der Waals surface area contributed by atoms with E-state index in [-0.39, 0.29) is 22.4 Å². The van der Waals surface area contributed by atoms with Crippen LogP contribution < -0.4 is 4.74 Å². The Balaban J connectivity index is 1.72. The Morgan fingerprint density at radius 2 is 1.72 bits per heavy atom. The molecule has 2 aromatic carbocycles. The Morgan fingerprint density at radius 1 is 1.07 bits per heavy atom. The number of carbonyl (C=O) groups is 4. The molecule has 1 aliphatic heterocycles. The number of rotatable bonds is 5. The van der Waals surface area contributed by atoms with E-state index >= 15 is 0 Å². The predicted molar refractivity (Wildman–Crippen MR) is 99.5 cm³/mol. The molecule has 0 aliphatic carbocycles. The van der Waals surface area contributed by atoms with E-state index in [4.69, 9.17) is 10.00 Å². The van der Waals surface area contributed by atoms with Crippen molar-refractivity contribution in [2.75, 3.05) is 13.7 Å². The van der Waals surface area contributed by atoms with E-state index < -0.39 is 30.3 Å². The summed E-state index contributed by atoms with van der Waals surface area (Å²) in [7, 11) is 1.16. The van der Waals surface area contributed by atoms with Crippen molar-refractivity contribution in [2.24, 2.45) is 0 Å². The predicted octanol–water partition coefficient (Wildman–Crippen LogP) is 1.97. The van der Waals surface area contributed by atoms with E-state index in [9.17, 15) is 19.2 Å². The lowest BCUT2D eigenvalue weighted by molar-refractivity contribution is -0.136. The monoisotopic (exact) mass is 390 g/mol. The number of hydrogen-bond acceptors (Lipinski definition) is 7. The van der Waals surface area contributed by atoms with Crippen LogP contribution in [0.1, 0.15) is 26.3 Å². The topological polar surface area (TPSA) is 114 Å². The molecule has 0 atom stereocenters. The van der Waals surface area contributed by atoms with Crippen LogP contribution in [-0.2, 0) is 14.3 Å². The molecule has 2 amide bonds. The molecule has 0 aromatic heterocycles. The zero-order valence-electron chi connectivity index (χ0n) is 15.2. The molecule has 0 unspecified atom stereocenters. The molecule has 3 rings (SSSR count). The van der Waals surface area contributed by atoms with Crippen LogP contribution in [0.3, 0.4) is 0 Å². The highest BCUT2D eigenvalue weighted by atomic mass is 16.5. The summed E-state index contributed by atoms with van der Waals surface area (Å²) in [5.74, 6) is -2.59. The third-order valence-electron chi connectivity index (χ3n) is 4.09. The van der Waals surface area contributed by atoms with E-state index in [1.165, 1.54) is 30.3 Å². The molecule has 0 bridgehead atoms. The highest BCUT2D eigenvalue weighted by molar-refractivity contribution is 6.22. The third kappa shape index (κ3) is 4.04. The second-order valence-corrected chi connectivity index (χ2v) is 5.95. The standard InChI is InChI=1S/C21H14N2O6/c1-28-21(27)14(11-22)9-13-5-4-6-15(10-13)29-18(24)12-23-19(25)16-7-2-3-8-17(16)20(23)26/h2-10H,12H2,1H3/b14-9+. The summed E-state index contributed by atoms with van der Waals surface area (Å²) in [5, 5.41) is 9.01. The molecule has 8 heteroatoms. The number of carbonyl (C=O) groups excluding carboxylic acids is 4. The zero-order chi connectivity index (χ0) is 21.0. The van der Waals surface area contributed by atoms with Crippen LogP contribution in [0.4, 0.5) is 0 Å². The van der Waals surface area contributed by atoms with Crippen LogP contribution in [0, 0.1) is 11.3 Å². The van der Waals surface area contributed by atoms with Crippen molar-refractivity contribution < 1.29 is 28.7 Å². The maximum Gasteiger partial charge on any atom is 0.348 e. The Bertz CT molecular complexity index is 1060. The first-order valence-corrected chi connectivity index (χ1v) is 8.40. The third-order valence-corrected chi connectivity index (χ3v) is 4.09. The van der Waals surface area contributed by atoms with E-state index in [2.05, 4.69) is 4.74 Å². The highest BCUT2D eigenvalue weighted by Gasteiger charge is 2.36. The molecular weight excluding hydrogens is 376 g/mol. The number of amides is 2. The number of ether oxygens (including phenoxy) is 2. The normalized spacial score (nSPS) is 13.0. The number of nitrogens with zero attached hydrogens (tertiary/aromatic N) is 2. The summed E-state index contributed by atoms with van der Waals surface area (Å²) in [5.41, 5.74) is 0.688. The van der Waals surface area contributed by atoms with Crippen molar-refractivity contribution in [1.82, 2.24) is 4.90 Å². The van der Waals surface area contributed by atoms with Gasteiger partial charge in [-0.3, -0.25) is 14.5 Å². The maximum atomic E-state index is 12.3.